The Kier molecular flexibility index (Phi) is 5.25. The molecule has 114 valence electrons. The van der Waals surface area contributed by atoms with E-state index in [1.54, 1.807) is 0 Å². The molecule has 3 heteroatoms. The van der Waals surface area contributed by atoms with Crippen LogP contribution in [0.5, 0.6) is 0 Å². The van der Waals surface area contributed by atoms with E-state index in [4.69, 9.17) is 0 Å². The first-order chi connectivity index (χ1) is 10.1. The molecule has 1 aliphatic heterocycles. The molecule has 0 unspecified atom stereocenters. The predicted molar refractivity (Wildman–Crippen MR) is 88.4 cm³/mol. The quantitative estimate of drug-likeness (QED) is 0.839. The smallest absolute Gasteiger partial charge is 0.101 e. The number of rotatable bonds is 5. The number of benzene rings is 1. The molecule has 0 radical (unpaired) electrons. The van der Waals surface area contributed by atoms with Crippen molar-refractivity contribution in [2.24, 2.45) is 5.41 Å². The van der Waals surface area contributed by atoms with Gasteiger partial charge in [0.15, 0.2) is 0 Å². The normalized spacial score (nSPS) is 17.5. The van der Waals surface area contributed by atoms with Gasteiger partial charge in [-0.15, -0.1) is 0 Å². The van der Waals surface area contributed by atoms with Crippen molar-refractivity contribution in [3.05, 3.63) is 29.3 Å². The molecule has 0 bridgehead atoms. The van der Waals surface area contributed by atoms with E-state index >= 15 is 0 Å². The largest absolute Gasteiger partial charge is 0.370 e. The molecule has 1 fully saturated rings. The standard InChI is InChI=1S/C18H27N3/c1-4-9-20-14-15-5-6-17(16(12-15)13-19)21-10-7-18(2,3)8-11-21/h5-6,12,20H,4,7-11,14H2,1-3H3. The Balaban J connectivity index is 2.08. The Hall–Kier alpha value is -1.53. The molecule has 0 aromatic heterocycles. The van der Waals surface area contributed by atoms with Crippen LogP contribution in [-0.2, 0) is 6.54 Å². The summed E-state index contributed by atoms with van der Waals surface area (Å²) >= 11 is 0. The lowest BCUT2D eigenvalue weighted by atomic mass is 9.82. The number of anilines is 1. The van der Waals surface area contributed by atoms with Crippen LogP contribution < -0.4 is 10.2 Å². The lowest BCUT2D eigenvalue weighted by molar-refractivity contribution is 0.280. The van der Waals surface area contributed by atoms with Crippen LogP contribution in [-0.4, -0.2) is 19.6 Å². The Morgan fingerprint density at radius 1 is 1.29 bits per heavy atom. The van der Waals surface area contributed by atoms with E-state index in [1.807, 2.05) is 6.07 Å². The number of piperidine rings is 1. The topological polar surface area (TPSA) is 39.1 Å². The fraction of sp³-hybridized carbons (Fsp3) is 0.611. The van der Waals surface area contributed by atoms with Crippen LogP contribution in [0.15, 0.2) is 18.2 Å². The highest BCUT2D eigenvalue weighted by Crippen LogP contribution is 2.33. The van der Waals surface area contributed by atoms with E-state index in [0.29, 0.717) is 5.41 Å². The Morgan fingerprint density at radius 2 is 2.00 bits per heavy atom. The minimum Gasteiger partial charge on any atom is -0.370 e. The van der Waals surface area contributed by atoms with E-state index < -0.39 is 0 Å². The van der Waals surface area contributed by atoms with Gasteiger partial charge in [0.05, 0.1) is 11.3 Å². The molecule has 1 N–H and O–H groups in total. The summed E-state index contributed by atoms with van der Waals surface area (Å²) in [4.78, 5) is 2.37. The van der Waals surface area contributed by atoms with Crippen LogP contribution in [0.25, 0.3) is 0 Å². The van der Waals surface area contributed by atoms with Gasteiger partial charge in [-0.2, -0.15) is 5.26 Å². The van der Waals surface area contributed by atoms with Gasteiger partial charge in [-0.1, -0.05) is 26.8 Å². The molecule has 1 aromatic carbocycles. The first-order valence-electron chi connectivity index (χ1n) is 8.04. The second kappa shape index (κ2) is 6.95. The van der Waals surface area contributed by atoms with Crippen molar-refractivity contribution in [3.8, 4) is 6.07 Å². The molecule has 0 aliphatic carbocycles. The van der Waals surface area contributed by atoms with E-state index in [9.17, 15) is 5.26 Å². The van der Waals surface area contributed by atoms with E-state index in [1.165, 1.54) is 18.4 Å². The van der Waals surface area contributed by atoms with Crippen molar-refractivity contribution < 1.29 is 0 Å². The van der Waals surface area contributed by atoms with Crippen LogP contribution in [0.3, 0.4) is 0 Å². The molecule has 3 nitrogen and oxygen atoms in total. The fourth-order valence-electron chi connectivity index (χ4n) is 2.82. The maximum atomic E-state index is 9.45. The molecule has 0 spiro atoms. The van der Waals surface area contributed by atoms with Crippen molar-refractivity contribution in [1.29, 1.82) is 5.26 Å². The Labute approximate surface area is 129 Å². The lowest BCUT2D eigenvalue weighted by Crippen LogP contribution is -2.37. The minimum atomic E-state index is 0.438. The SMILES string of the molecule is CCCNCc1ccc(N2CCC(C)(C)CC2)c(C#N)c1. The minimum absolute atomic E-state index is 0.438. The molecule has 1 aliphatic rings. The highest BCUT2D eigenvalue weighted by Gasteiger charge is 2.26. The Bertz CT molecular complexity index is 504. The lowest BCUT2D eigenvalue weighted by Gasteiger charge is -2.38. The second-order valence-electron chi connectivity index (χ2n) is 6.79. The summed E-state index contributed by atoms with van der Waals surface area (Å²) in [5, 5.41) is 12.8. The molecule has 1 heterocycles. The average Bonchev–Trinajstić information content (AvgIpc) is 2.48. The number of nitrogens with zero attached hydrogens (tertiary/aromatic N) is 2. The number of hydrogen-bond donors (Lipinski definition) is 1. The van der Waals surface area contributed by atoms with Gasteiger partial charge < -0.3 is 10.2 Å². The summed E-state index contributed by atoms with van der Waals surface area (Å²) in [5.74, 6) is 0. The number of nitrogens with one attached hydrogen (secondary N) is 1. The number of hydrogen-bond acceptors (Lipinski definition) is 3. The summed E-state index contributed by atoms with van der Waals surface area (Å²) in [6.07, 6.45) is 3.52. The molecule has 0 saturated carbocycles. The van der Waals surface area contributed by atoms with Gasteiger partial charge in [-0.25, -0.2) is 0 Å². The zero-order valence-corrected chi connectivity index (χ0v) is 13.6. The van der Waals surface area contributed by atoms with Crippen LogP contribution in [0.4, 0.5) is 5.69 Å². The van der Waals surface area contributed by atoms with Gasteiger partial charge in [-0.3, -0.25) is 0 Å². The monoisotopic (exact) mass is 285 g/mol. The summed E-state index contributed by atoms with van der Waals surface area (Å²) in [7, 11) is 0. The molecular weight excluding hydrogens is 258 g/mol. The van der Waals surface area contributed by atoms with E-state index in [-0.39, 0.29) is 0 Å². The van der Waals surface area contributed by atoms with Crippen LogP contribution >= 0.6 is 0 Å². The van der Waals surface area contributed by atoms with Crippen LogP contribution in [0.1, 0.15) is 51.2 Å². The molecular formula is C18H27N3. The zero-order valence-electron chi connectivity index (χ0n) is 13.6. The molecule has 0 atom stereocenters. The van der Waals surface area contributed by atoms with Crippen molar-refractivity contribution in [2.45, 2.75) is 46.6 Å². The van der Waals surface area contributed by atoms with Gasteiger partial charge in [-0.05, 0) is 48.9 Å². The maximum Gasteiger partial charge on any atom is 0.101 e. The third-order valence-corrected chi connectivity index (χ3v) is 4.40. The summed E-state index contributed by atoms with van der Waals surface area (Å²) in [5.41, 5.74) is 3.55. The van der Waals surface area contributed by atoms with E-state index in [2.05, 4.69) is 49.2 Å². The van der Waals surface area contributed by atoms with Crippen molar-refractivity contribution in [3.63, 3.8) is 0 Å². The summed E-state index contributed by atoms with van der Waals surface area (Å²) in [6.45, 7) is 10.8. The van der Waals surface area contributed by atoms with Crippen LogP contribution in [0.2, 0.25) is 0 Å². The molecule has 1 aromatic rings. The zero-order chi connectivity index (χ0) is 15.3. The van der Waals surface area contributed by atoms with E-state index in [0.717, 1.165) is 43.9 Å². The van der Waals surface area contributed by atoms with Gasteiger partial charge in [0, 0.05) is 19.6 Å². The highest BCUT2D eigenvalue weighted by atomic mass is 15.1. The second-order valence-corrected chi connectivity index (χ2v) is 6.79. The van der Waals surface area contributed by atoms with Gasteiger partial charge in [0.2, 0.25) is 0 Å². The van der Waals surface area contributed by atoms with Crippen LogP contribution in [0, 0.1) is 16.7 Å². The van der Waals surface area contributed by atoms with Gasteiger partial charge in [0.1, 0.15) is 6.07 Å². The van der Waals surface area contributed by atoms with Gasteiger partial charge >= 0.3 is 0 Å². The third-order valence-electron chi connectivity index (χ3n) is 4.40. The first kappa shape index (κ1) is 15.9. The number of nitriles is 1. The predicted octanol–water partition coefficient (Wildman–Crippen LogP) is 3.68. The summed E-state index contributed by atoms with van der Waals surface area (Å²) in [6, 6.07) is 8.69. The first-order valence-corrected chi connectivity index (χ1v) is 8.04. The van der Waals surface area contributed by atoms with Crippen molar-refractivity contribution >= 4 is 5.69 Å². The van der Waals surface area contributed by atoms with Crippen molar-refractivity contribution in [1.82, 2.24) is 5.32 Å². The Morgan fingerprint density at radius 3 is 2.62 bits per heavy atom. The maximum absolute atomic E-state index is 9.45. The third kappa shape index (κ3) is 4.22. The fourth-order valence-corrected chi connectivity index (χ4v) is 2.82. The average molecular weight is 285 g/mol. The van der Waals surface area contributed by atoms with Gasteiger partial charge in [0.25, 0.3) is 0 Å². The van der Waals surface area contributed by atoms with Crippen molar-refractivity contribution in [2.75, 3.05) is 24.5 Å². The molecule has 2 rings (SSSR count). The summed E-state index contributed by atoms with van der Waals surface area (Å²) < 4.78 is 0. The highest BCUT2D eigenvalue weighted by molar-refractivity contribution is 5.60. The molecule has 1 saturated heterocycles. The molecule has 21 heavy (non-hydrogen) atoms. The molecule has 0 amide bonds.